The van der Waals surface area contributed by atoms with Crippen LogP contribution in [0.4, 0.5) is 0 Å². The number of aryl methyl sites for hydroxylation is 4. The van der Waals surface area contributed by atoms with Crippen LogP contribution in [0, 0.1) is 39.8 Å². The van der Waals surface area contributed by atoms with E-state index < -0.39 is 18.0 Å². The van der Waals surface area contributed by atoms with Crippen LogP contribution in [0.2, 0.25) is 0 Å². The van der Waals surface area contributed by atoms with Gasteiger partial charge in [0.1, 0.15) is 0 Å². The molecule has 0 N–H and O–H groups in total. The van der Waals surface area contributed by atoms with Gasteiger partial charge in [-0.25, -0.2) is 0 Å². The van der Waals surface area contributed by atoms with Gasteiger partial charge in [0.25, 0.3) is 0 Å². The molecule has 8 rings (SSSR count). The first-order valence-electron chi connectivity index (χ1n) is 16.4. The molecule has 0 heterocycles. The second kappa shape index (κ2) is 20.8. The minimum atomic E-state index is -1.79. The fourth-order valence-corrected chi connectivity index (χ4v) is 5.45. The van der Waals surface area contributed by atoms with E-state index in [1.165, 1.54) is 66.1 Å². The Morgan fingerprint density at radius 2 is 0.820 bits per heavy atom. The molecule has 0 nitrogen and oxygen atoms in total. The van der Waals surface area contributed by atoms with Gasteiger partial charge in [-0.05, 0) is 11.1 Å². The summed E-state index contributed by atoms with van der Waals surface area (Å²) in [5.74, 6) is 0. The van der Waals surface area contributed by atoms with Gasteiger partial charge >= 0.3 is 41.9 Å². The monoisotopic (exact) mass is 780 g/mol. The summed E-state index contributed by atoms with van der Waals surface area (Å²) in [4.78, 5) is 0. The van der Waals surface area contributed by atoms with Gasteiger partial charge in [0.15, 0.2) is 0 Å². The average molecular weight is 783 g/mol. The van der Waals surface area contributed by atoms with Gasteiger partial charge in [-0.15, -0.1) is 69.1 Å². The standard InChI is InChI=1S/2C16H13.2C7H7.2ClH.Si.Zr/c2*1-12-10-14-8-5-9-15(16(14)11-12)13-6-3-2-4-7-13;2*1-7-5-3-2-4-6-7;;;;/h2*2-11H,1H3;2*3-6H,1H3;2*1H;;/q4*-1;;;;+2/p-2. The molecule has 0 unspecified atom stereocenters. The summed E-state index contributed by atoms with van der Waals surface area (Å²) in [5, 5.41) is 5.37. The molecule has 0 aliphatic carbocycles. The quantitative estimate of drug-likeness (QED) is 0.121. The van der Waals surface area contributed by atoms with Crippen molar-refractivity contribution in [1.82, 2.24) is 0 Å². The molecule has 4 heteroatoms. The second-order valence-corrected chi connectivity index (χ2v) is 25.4. The number of fused-ring (bicyclic) bond motifs is 2. The first-order valence-corrected chi connectivity index (χ1v) is 26.9. The van der Waals surface area contributed by atoms with E-state index in [4.69, 9.17) is 17.0 Å². The Labute approximate surface area is 315 Å². The van der Waals surface area contributed by atoms with Crippen LogP contribution < -0.4 is 0 Å². The van der Waals surface area contributed by atoms with Crippen LogP contribution in [-0.4, -0.2) is 6.88 Å². The SMILES string of the molecule is Cc1cc2c(-c3ccccc3)cccc2[cH-]1.Cc1cc2c(-c3ccccc3)cccc2[cH-]1.Cc1cc[c-]cc1.Cc1cc[c-]cc1.[Si]=[Zr]([Cl])[Cl]. The van der Waals surface area contributed by atoms with Crippen LogP contribution in [0.15, 0.2) is 170 Å². The van der Waals surface area contributed by atoms with Crippen LogP contribution in [0.25, 0.3) is 43.8 Å². The van der Waals surface area contributed by atoms with Crippen molar-refractivity contribution >= 4 is 45.4 Å². The van der Waals surface area contributed by atoms with E-state index >= 15 is 0 Å². The van der Waals surface area contributed by atoms with E-state index in [0.29, 0.717) is 0 Å². The van der Waals surface area contributed by atoms with Crippen LogP contribution in [0.5, 0.6) is 0 Å². The molecule has 50 heavy (non-hydrogen) atoms. The van der Waals surface area contributed by atoms with E-state index in [1.807, 2.05) is 48.5 Å². The first-order chi connectivity index (χ1) is 24.2. The average Bonchev–Trinajstić information content (AvgIpc) is 3.71. The second-order valence-electron chi connectivity index (χ2n) is 11.8. The van der Waals surface area contributed by atoms with Crippen molar-refractivity contribution in [2.45, 2.75) is 27.7 Å². The fraction of sp³-hybridized carbons (Fsp3) is 0.0870. The molecule has 250 valence electrons. The van der Waals surface area contributed by atoms with Crippen molar-refractivity contribution < 1.29 is 18.0 Å². The summed E-state index contributed by atoms with van der Waals surface area (Å²) in [6.45, 7) is 11.5. The van der Waals surface area contributed by atoms with Gasteiger partial charge < -0.3 is 0 Å². The van der Waals surface area contributed by atoms with Crippen molar-refractivity contribution in [2.24, 2.45) is 0 Å². The van der Waals surface area contributed by atoms with E-state index in [1.54, 1.807) is 0 Å². The number of benzene rings is 6. The van der Waals surface area contributed by atoms with Crippen molar-refractivity contribution in [3.63, 3.8) is 0 Å². The van der Waals surface area contributed by atoms with Gasteiger partial charge in [-0.2, -0.15) is 83.9 Å². The Hall–Kier alpha value is -3.78. The van der Waals surface area contributed by atoms with Crippen LogP contribution >= 0.6 is 17.0 Å². The van der Waals surface area contributed by atoms with Crippen molar-refractivity contribution in [3.8, 4) is 22.3 Å². The third kappa shape index (κ3) is 12.8. The number of rotatable bonds is 2. The van der Waals surface area contributed by atoms with Gasteiger partial charge in [-0.3, -0.25) is 0 Å². The van der Waals surface area contributed by atoms with E-state index in [9.17, 15) is 0 Å². The Morgan fingerprint density at radius 3 is 1.12 bits per heavy atom. The molecule has 8 aromatic rings. The van der Waals surface area contributed by atoms with E-state index in [2.05, 4.69) is 168 Å². The molecule has 8 aromatic carbocycles. The molecule has 2 radical (unpaired) electrons. The number of halogens is 2. The fourth-order valence-electron chi connectivity index (χ4n) is 5.45. The van der Waals surface area contributed by atoms with Crippen molar-refractivity contribution in [1.29, 1.82) is 0 Å². The molecule has 0 aliphatic heterocycles. The zero-order chi connectivity index (χ0) is 35.7. The summed E-state index contributed by atoms with van der Waals surface area (Å²) in [7, 11) is 10.3. The van der Waals surface area contributed by atoms with Crippen LogP contribution in [0.3, 0.4) is 0 Å². The Bertz CT molecular complexity index is 2010. The third-order valence-electron chi connectivity index (χ3n) is 7.73. The number of hydrogen-bond donors (Lipinski definition) is 0. The summed E-state index contributed by atoms with van der Waals surface area (Å²) < 4.78 is 0. The van der Waals surface area contributed by atoms with Crippen molar-refractivity contribution in [3.05, 3.63) is 204 Å². The summed E-state index contributed by atoms with van der Waals surface area (Å²) in [6.07, 6.45) is 0. The van der Waals surface area contributed by atoms with Crippen LogP contribution in [-0.2, 0) is 18.0 Å². The summed E-state index contributed by atoms with van der Waals surface area (Å²) in [5.41, 5.74) is 10.5. The van der Waals surface area contributed by atoms with E-state index in [-0.39, 0.29) is 0 Å². The molecule has 0 aromatic heterocycles. The van der Waals surface area contributed by atoms with Gasteiger partial charge in [0.05, 0.1) is 0 Å². The summed E-state index contributed by atoms with van der Waals surface area (Å²) in [6, 6.07) is 64.7. The molecule has 0 saturated heterocycles. The third-order valence-corrected chi connectivity index (χ3v) is 7.73. The Kier molecular flexibility index (Phi) is 16.2. The Morgan fingerprint density at radius 1 is 0.480 bits per heavy atom. The predicted octanol–water partition coefficient (Wildman–Crippen LogP) is 13.7. The minimum absolute atomic E-state index is 1.29. The zero-order valence-corrected chi connectivity index (χ0v) is 33.9. The molecule has 0 amide bonds. The zero-order valence-electron chi connectivity index (χ0n) is 28.9. The van der Waals surface area contributed by atoms with Crippen LogP contribution in [0.1, 0.15) is 22.3 Å². The molecule has 0 aliphatic rings. The normalized spacial score (nSPS) is 9.88. The molecular weight excluding hydrogens is 743 g/mol. The summed E-state index contributed by atoms with van der Waals surface area (Å²) >= 11 is -1.79. The van der Waals surface area contributed by atoms with Gasteiger partial charge in [0.2, 0.25) is 0 Å². The molecule has 0 atom stereocenters. The number of hydrogen-bond acceptors (Lipinski definition) is 0. The van der Waals surface area contributed by atoms with E-state index in [0.717, 1.165) is 0 Å². The topological polar surface area (TPSA) is 0 Å². The molecule has 0 bridgehead atoms. The first kappa shape index (κ1) is 39.0. The maximum absolute atomic E-state index is 5.15. The van der Waals surface area contributed by atoms with Gasteiger partial charge in [0, 0.05) is 0 Å². The van der Waals surface area contributed by atoms with Gasteiger partial charge in [-0.1, -0.05) is 112 Å². The molecule has 0 spiro atoms. The molecular formula is C46H40Cl2SiZr-4. The molecule has 0 fully saturated rings. The molecule has 0 saturated carbocycles. The maximum atomic E-state index is 5.15. The Balaban J connectivity index is 0.000000154. The van der Waals surface area contributed by atoms with Crippen molar-refractivity contribution in [2.75, 3.05) is 0 Å². The predicted molar refractivity (Wildman–Crippen MR) is 217 cm³/mol.